The van der Waals surface area contributed by atoms with E-state index >= 15 is 0 Å². The Kier molecular flexibility index (Phi) is 5.93. The van der Waals surface area contributed by atoms with Gasteiger partial charge < -0.3 is 9.84 Å². The van der Waals surface area contributed by atoms with Crippen LogP contribution in [0.25, 0.3) is 0 Å². The van der Waals surface area contributed by atoms with Crippen molar-refractivity contribution in [3.63, 3.8) is 0 Å². The Morgan fingerprint density at radius 2 is 2.19 bits per heavy atom. The molecule has 1 fully saturated rings. The molecule has 1 aliphatic rings. The van der Waals surface area contributed by atoms with Crippen LogP contribution in [0.5, 0.6) is 5.75 Å². The Morgan fingerprint density at radius 1 is 1.35 bits per heavy atom. The third-order valence-electron chi connectivity index (χ3n) is 5.18. The smallest absolute Gasteiger partial charge is 0.325 e. The highest BCUT2D eigenvalue weighted by Crippen LogP contribution is 2.27. The predicted octanol–water partition coefficient (Wildman–Crippen LogP) is 2.84. The number of ether oxygens (including phenoxy) is 1. The second-order valence-electron chi connectivity index (χ2n) is 6.99. The van der Waals surface area contributed by atoms with Crippen molar-refractivity contribution in [2.45, 2.75) is 39.2 Å². The fourth-order valence-corrected chi connectivity index (χ4v) is 3.62. The molecule has 0 amide bonds. The SMILES string of the molecule is Cc1cccc(OCCN2CCC[C@H](c3ccnn3CC(=O)O)C2)c1C. The van der Waals surface area contributed by atoms with Crippen LogP contribution in [0.2, 0.25) is 0 Å². The lowest BCUT2D eigenvalue weighted by Crippen LogP contribution is -2.37. The molecule has 2 aromatic rings. The van der Waals surface area contributed by atoms with E-state index in [0.29, 0.717) is 12.5 Å². The molecule has 1 aromatic carbocycles. The first-order valence-electron chi connectivity index (χ1n) is 9.19. The number of aliphatic carboxylic acids is 1. The van der Waals surface area contributed by atoms with Crippen molar-refractivity contribution in [1.29, 1.82) is 0 Å². The average molecular weight is 357 g/mol. The van der Waals surface area contributed by atoms with Gasteiger partial charge in [-0.15, -0.1) is 0 Å². The van der Waals surface area contributed by atoms with E-state index in [0.717, 1.165) is 43.9 Å². The number of hydrogen-bond donors (Lipinski definition) is 1. The van der Waals surface area contributed by atoms with E-state index in [9.17, 15) is 4.79 Å². The molecule has 1 aromatic heterocycles. The minimum atomic E-state index is -0.857. The summed E-state index contributed by atoms with van der Waals surface area (Å²) in [7, 11) is 0. The summed E-state index contributed by atoms with van der Waals surface area (Å²) in [4.78, 5) is 13.4. The van der Waals surface area contributed by atoms with Crippen molar-refractivity contribution >= 4 is 5.97 Å². The molecule has 0 bridgehead atoms. The van der Waals surface area contributed by atoms with Crippen molar-refractivity contribution in [3.8, 4) is 5.75 Å². The van der Waals surface area contributed by atoms with Crippen LogP contribution in [-0.2, 0) is 11.3 Å². The van der Waals surface area contributed by atoms with Crippen molar-refractivity contribution in [3.05, 3.63) is 47.3 Å². The molecule has 26 heavy (non-hydrogen) atoms. The maximum atomic E-state index is 11.0. The number of aryl methyl sites for hydroxylation is 1. The molecule has 1 aliphatic heterocycles. The molecule has 0 saturated carbocycles. The highest BCUT2D eigenvalue weighted by atomic mass is 16.5. The molecule has 0 radical (unpaired) electrons. The van der Waals surface area contributed by atoms with Crippen LogP contribution in [-0.4, -0.2) is 52.0 Å². The lowest BCUT2D eigenvalue weighted by Gasteiger charge is -2.32. The molecule has 2 heterocycles. The fraction of sp³-hybridized carbons (Fsp3) is 0.500. The van der Waals surface area contributed by atoms with Gasteiger partial charge in [0.25, 0.3) is 0 Å². The molecule has 0 spiro atoms. The van der Waals surface area contributed by atoms with Gasteiger partial charge in [0, 0.05) is 30.9 Å². The molecule has 6 heteroatoms. The van der Waals surface area contributed by atoms with E-state index in [1.165, 1.54) is 11.1 Å². The Hall–Kier alpha value is -2.34. The quantitative estimate of drug-likeness (QED) is 0.825. The topological polar surface area (TPSA) is 67.6 Å². The molecule has 1 atom stereocenters. The normalized spacial score (nSPS) is 18.0. The zero-order valence-electron chi connectivity index (χ0n) is 15.5. The molecule has 140 valence electrons. The van der Waals surface area contributed by atoms with E-state index in [-0.39, 0.29) is 6.54 Å². The minimum absolute atomic E-state index is 0.0748. The molecular formula is C20H27N3O3. The Labute approximate surface area is 154 Å². The zero-order chi connectivity index (χ0) is 18.5. The first-order valence-corrected chi connectivity index (χ1v) is 9.19. The number of nitrogens with zero attached hydrogens (tertiary/aromatic N) is 3. The lowest BCUT2D eigenvalue weighted by atomic mass is 9.94. The van der Waals surface area contributed by atoms with Gasteiger partial charge in [-0.3, -0.25) is 14.4 Å². The maximum Gasteiger partial charge on any atom is 0.325 e. The van der Waals surface area contributed by atoms with Crippen LogP contribution in [0.1, 0.15) is 35.6 Å². The van der Waals surface area contributed by atoms with E-state index in [1.807, 2.05) is 18.2 Å². The number of carboxylic acid groups (broad SMARTS) is 1. The number of carboxylic acids is 1. The van der Waals surface area contributed by atoms with Crippen LogP contribution in [0.3, 0.4) is 0 Å². The fourth-order valence-electron chi connectivity index (χ4n) is 3.62. The number of benzene rings is 1. The minimum Gasteiger partial charge on any atom is -0.492 e. The van der Waals surface area contributed by atoms with Gasteiger partial charge in [-0.25, -0.2) is 0 Å². The van der Waals surface area contributed by atoms with E-state index in [2.05, 4.69) is 29.9 Å². The molecule has 1 saturated heterocycles. The van der Waals surface area contributed by atoms with Crippen LogP contribution in [0, 0.1) is 13.8 Å². The van der Waals surface area contributed by atoms with E-state index in [1.54, 1.807) is 10.9 Å². The van der Waals surface area contributed by atoms with Crippen LogP contribution < -0.4 is 4.74 Å². The standard InChI is InChI=1S/C20H27N3O3/c1-15-5-3-7-19(16(15)2)26-12-11-22-10-4-6-17(13-22)18-8-9-21-23(18)14-20(24)25/h3,5,7-9,17H,4,6,10-14H2,1-2H3,(H,24,25)/t17-/m0/s1. The highest BCUT2D eigenvalue weighted by molar-refractivity contribution is 5.66. The summed E-state index contributed by atoms with van der Waals surface area (Å²) in [5.41, 5.74) is 3.46. The number of aromatic nitrogens is 2. The van der Waals surface area contributed by atoms with Gasteiger partial charge in [0.1, 0.15) is 18.9 Å². The van der Waals surface area contributed by atoms with Gasteiger partial charge in [-0.2, -0.15) is 5.10 Å². The first-order chi connectivity index (χ1) is 12.5. The summed E-state index contributed by atoms with van der Waals surface area (Å²) in [6.07, 6.45) is 3.87. The monoisotopic (exact) mass is 357 g/mol. The first kappa shape index (κ1) is 18.5. The summed E-state index contributed by atoms with van der Waals surface area (Å²) >= 11 is 0. The van der Waals surface area contributed by atoms with Gasteiger partial charge in [-0.05, 0) is 56.5 Å². The summed E-state index contributed by atoms with van der Waals surface area (Å²) in [6.45, 7) is 7.61. The van der Waals surface area contributed by atoms with Crippen LogP contribution >= 0.6 is 0 Å². The Bertz CT molecular complexity index is 757. The summed E-state index contributed by atoms with van der Waals surface area (Å²) in [5, 5.41) is 13.2. The van der Waals surface area contributed by atoms with Gasteiger partial charge in [0.2, 0.25) is 0 Å². The summed E-state index contributed by atoms with van der Waals surface area (Å²) in [6, 6.07) is 8.09. The number of carbonyl (C=O) groups is 1. The van der Waals surface area contributed by atoms with Gasteiger partial charge in [-0.1, -0.05) is 12.1 Å². The van der Waals surface area contributed by atoms with Crippen molar-refractivity contribution in [2.75, 3.05) is 26.2 Å². The molecule has 3 rings (SSSR count). The number of rotatable bonds is 7. The number of piperidine rings is 1. The van der Waals surface area contributed by atoms with Gasteiger partial charge in [0.05, 0.1) is 0 Å². The Balaban J connectivity index is 1.55. The molecule has 0 aliphatic carbocycles. The number of hydrogen-bond acceptors (Lipinski definition) is 4. The van der Waals surface area contributed by atoms with Crippen molar-refractivity contribution < 1.29 is 14.6 Å². The third kappa shape index (κ3) is 4.43. The molecule has 0 unspecified atom stereocenters. The summed E-state index contributed by atoms with van der Waals surface area (Å²) in [5.74, 6) is 0.425. The van der Waals surface area contributed by atoms with E-state index < -0.39 is 5.97 Å². The number of likely N-dealkylation sites (tertiary alicyclic amines) is 1. The predicted molar refractivity (Wildman–Crippen MR) is 99.7 cm³/mol. The maximum absolute atomic E-state index is 11.0. The second kappa shape index (κ2) is 8.36. The Morgan fingerprint density at radius 3 is 3.00 bits per heavy atom. The average Bonchev–Trinajstić information content (AvgIpc) is 3.06. The molecule has 6 nitrogen and oxygen atoms in total. The van der Waals surface area contributed by atoms with Crippen LogP contribution in [0.4, 0.5) is 0 Å². The van der Waals surface area contributed by atoms with Crippen LogP contribution in [0.15, 0.2) is 30.5 Å². The second-order valence-corrected chi connectivity index (χ2v) is 6.99. The molecular weight excluding hydrogens is 330 g/mol. The van der Waals surface area contributed by atoms with Crippen molar-refractivity contribution in [1.82, 2.24) is 14.7 Å². The third-order valence-corrected chi connectivity index (χ3v) is 5.18. The lowest BCUT2D eigenvalue weighted by molar-refractivity contribution is -0.137. The van der Waals surface area contributed by atoms with Crippen molar-refractivity contribution in [2.24, 2.45) is 0 Å². The van der Waals surface area contributed by atoms with Gasteiger partial charge in [0.15, 0.2) is 0 Å². The highest BCUT2D eigenvalue weighted by Gasteiger charge is 2.24. The largest absolute Gasteiger partial charge is 0.492 e. The van der Waals surface area contributed by atoms with Gasteiger partial charge >= 0.3 is 5.97 Å². The van der Waals surface area contributed by atoms with E-state index in [4.69, 9.17) is 9.84 Å². The molecule has 1 N–H and O–H groups in total. The zero-order valence-corrected chi connectivity index (χ0v) is 15.5. The summed E-state index contributed by atoms with van der Waals surface area (Å²) < 4.78 is 7.60.